The van der Waals surface area contributed by atoms with Crippen LogP contribution in [-0.4, -0.2) is 40.6 Å². The van der Waals surface area contributed by atoms with Crippen LogP contribution < -0.4 is 10.9 Å². The third-order valence-corrected chi connectivity index (χ3v) is 6.91. The molecular formula is C24H23FN4O2S. The summed E-state index contributed by atoms with van der Waals surface area (Å²) in [5.41, 5.74) is 3.49. The number of fused-ring (bicyclic) bond motifs is 3. The van der Waals surface area contributed by atoms with Gasteiger partial charge in [-0.3, -0.25) is 4.79 Å². The van der Waals surface area contributed by atoms with Crippen LogP contribution >= 0.6 is 11.9 Å². The number of rotatable bonds is 4. The maximum atomic E-state index is 13.9. The van der Waals surface area contributed by atoms with E-state index >= 15 is 0 Å². The Balaban J connectivity index is 1.59. The monoisotopic (exact) mass is 450 g/mol. The smallest absolute Gasteiger partial charge is 0.256 e. The van der Waals surface area contributed by atoms with Crippen LogP contribution in [0.15, 0.2) is 52.3 Å². The number of aryl methyl sites for hydroxylation is 2. The van der Waals surface area contributed by atoms with Gasteiger partial charge in [0.25, 0.3) is 5.56 Å². The number of anilines is 2. The second-order valence-corrected chi connectivity index (χ2v) is 9.05. The molecular weight excluding hydrogens is 427 g/mol. The standard InChI is InChI=1S/C24H23FN4O2S/c1-14-11-15(2)21(32-29-7-9-31-10-8-29)13-20(14)28-23-17-5-6-26-24(30)22(17)18-12-16(25)3-4-19(18)27-23/h3-6,11-13H,7-10H2,1-2H3,(H,26,30)(H,27,28). The number of benzene rings is 2. The molecule has 4 aromatic rings. The number of pyridine rings is 2. The molecule has 2 aromatic carbocycles. The number of ether oxygens (including phenoxy) is 1. The Hall–Kier alpha value is -2.94. The van der Waals surface area contributed by atoms with E-state index in [-0.39, 0.29) is 5.56 Å². The van der Waals surface area contributed by atoms with Crippen molar-refractivity contribution in [1.29, 1.82) is 0 Å². The minimum atomic E-state index is -0.399. The van der Waals surface area contributed by atoms with Crippen molar-refractivity contribution in [3.05, 3.63) is 69.9 Å². The Kier molecular flexibility index (Phi) is 5.58. The number of hydrogen-bond donors (Lipinski definition) is 2. The molecule has 0 amide bonds. The van der Waals surface area contributed by atoms with Crippen LogP contribution in [0.5, 0.6) is 0 Å². The number of aromatic amines is 1. The molecule has 3 heterocycles. The van der Waals surface area contributed by atoms with Crippen molar-refractivity contribution in [3.63, 3.8) is 0 Å². The summed E-state index contributed by atoms with van der Waals surface area (Å²) in [6.07, 6.45) is 1.59. The highest BCUT2D eigenvalue weighted by Crippen LogP contribution is 2.34. The molecule has 1 aliphatic rings. The van der Waals surface area contributed by atoms with Crippen LogP contribution in [0.2, 0.25) is 0 Å². The quantitative estimate of drug-likeness (QED) is 0.340. The predicted molar refractivity (Wildman–Crippen MR) is 127 cm³/mol. The van der Waals surface area contributed by atoms with Crippen molar-refractivity contribution < 1.29 is 9.13 Å². The lowest BCUT2D eigenvalue weighted by molar-refractivity contribution is 0.0773. The van der Waals surface area contributed by atoms with Crippen LogP contribution in [0, 0.1) is 19.7 Å². The van der Waals surface area contributed by atoms with Crippen LogP contribution in [0.4, 0.5) is 15.9 Å². The molecule has 1 saturated heterocycles. The maximum Gasteiger partial charge on any atom is 0.256 e. The van der Waals surface area contributed by atoms with Gasteiger partial charge in [0.2, 0.25) is 0 Å². The van der Waals surface area contributed by atoms with Gasteiger partial charge >= 0.3 is 0 Å². The fraction of sp³-hybridized carbons (Fsp3) is 0.250. The molecule has 0 atom stereocenters. The number of hydrogen-bond acceptors (Lipinski definition) is 6. The van der Waals surface area contributed by atoms with Gasteiger partial charge in [-0.15, -0.1) is 0 Å². The first kappa shape index (κ1) is 20.9. The zero-order valence-corrected chi connectivity index (χ0v) is 18.7. The van der Waals surface area contributed by atoms with E-state index in [0.29, 0.717) is 27.5 Å². The molecule has 8 heteroatoms. The van der Waals surface area contributed by atoms with Gasteiger partial charge in [0, 0.05) is 40.6 Å². The van der Waals surface area contributed by atoms with E-state index in [0.717, 1.165) is 42.4 Å². The Morgan fingerprint density at radius 3 is 2.72 bits per heavy atom. The van der Waals surface area contributed by atoms with Gasteiger partial charge in [-0.25, -0.2) is 13.7 Å². The molecule has 0 unspecified atom stereocenters. The number of morpholine rings is 1. The largest absolute Gasteiger partial charge is 0.379 e. The lowest BCUT2D eigenvalue weighted by Gasteiger charge is -2.26. The highest BCUT2D eigenvalue weighted by molar-refractivity contribution is 7.97. The lowest BCUT2D eigenvalue weighted by Crippen LogP contribution is -2.31. The van der Waals surface area contributed by atoms with E-state index in [1.54, 1.807) is 30.3 Å². The van der Waals surface area contributed by atoms with Gasteiger partial charge in [0.05, 0.1) is 24.1 Å². The summed E-state index contributed by atoms with van der Waals surface area (Å²) in [7, 11) is 0. The zero-order valence-electron chi connectivity index (χ0n) is 17.9. The van der Waals surface area contributed by atoms with Crippen LogP contribution in [0.25, 0.3) is 21.7 Å². The number of nitrogens with zero attached hydrogens (tertiary/aromatic N) is 2. The second-order valence-electron chi connectivity index (χ2n) is 7.91. The molecule has 0 radical (unpaired) electrons. The third-order valence-electron chi connectivity index (χ3n) is 5.65. The lowest BCUT2D eigenvalue weighted by atomic mass is 10.1. The number of nitrogens with one attached hydrogen (secondary N) is 2. The van der Waals surface area contributed by atoms with Gasteiger partial charge < -0.3 is 15.0 Å². The van der Waals surface area contributed by atoms with Gasteiger partial charge in [-0.1, -0.05) is 6.07 Å². The molecule has 0 saturated carbocycles. The Morgan fingerprint density at radius 1 is 1.09 bits per heavy atom. The average Bonchev–Trinajstić information content (AvgIpc) is 2.78. The molecule has 1 fully saturated rings. The second kappa shape index (κ2) is 8.54. The van der Waals surface area contributed by atoms with Crippen molar-refractivity contribution >= 4 is 45.1 Å². The molecule has 1 aliphatic heterocycles. The summed E-state index contributed by atoms with van der Waals surface area (Å²) in [4.78, 5) is 21.2. The molecule has 0 aliphatic carbocycles. The minimum absolute atomic E-state index is 0.271. The third kappa shape index (κ3) is 3.97. The zero-order chi connectivity index (χ0) is 22.2. The first-order valence-electron chi connectivity index (χ1n) is 10.5. The number of halogens is 1. The summed E-state index contributed by atoms with van der Waals surface area (Å²) in [5.74, 6) is 0.170. The Bertz CT molecular complexity index is 1380. The minimum Gasteiger partial charge on any atom is -0.379 e. The molecule has 6 nitrogen and oxygen atoms in total. The van der Waals surface area contributed by atoms with Crippen molar-refractivity contribution in [2.45, 2.75) is 18.7 Å². The van der Waals surface area contributed by atoms with Gasteiger partial charge in [0.1, 0.15) is 11.6 Å². The topological polar surface area (TPSA) is 70.2 Å². The molecule has 0 spiro atoms. The van der Waals surface area contributed by atoms with Gasteiger partial charge in [-0.2, -0.15) is 0 Å². The molecule has 2 aromatic heterocycles. The molecule has 164 valence electrons. The Labute approximate surface area is 188 Å². The van der Waals surface area contributed by atoms with E-state index in [1.165, 1.54) is 17.7 Å². The van der Waals surface area contributed by atoms with Crippen molar-refractivity contribution in [3.8, 4) is 0 Å². The molecule has 5 rings (SSSR count). The van der Waals surface area contributed by atoms with Crippen LogP contribution in [-0.2, 0) is 4.74 Å². The van der Waals surface area contributed by atoms with E-state index in [2.05, 4.69) is 33.7 Å². The summed E-state index contributed by atoms with van der Waals surface area (Å²) < 4.78 is 21.7. The first-order chi connectivity index (χ1) is 15.5. The molecule has 2 N–H and O–H groups in total. The first-order valence-corrected chi connectivity index (χ1v) is 11.3. The van der Waals surface area contributed by atoms with Crippen LogP contribution in [0.1, 0.15) is 11.1 Å². The fourth-order valence-electron chi connectivity index (χ4n) is 4.00. The number of aromatic nitrogens is 2. The van der Waals surface area contributed by atoms with Crippen LogP contribution in [0.3, 0.4) is 0 Å². The highest BCUT2D eigenvalue weighted by Gasteiger charge is 2.16. The van der Waals surface area contributed by atoms with E-state index < -0.39 is 5.82 Å². The summed E-state index contributed by atoms with van der Waals surface area (Å²) in [6.45, 7) is 7.41. The van der Waals surface area contributed by atoms with Crippen molar-refractivity contribution in [1.82, 2.24) is 14.3 Å². The Morgan fingerprint density at radius 2 is 1.91 bits per heavy atom. The number of H-pyrrole nitrogens is 1. The highest BCUT2D eigenvalue weighted by atomic mass is 32.2. The SMILES string of the molecule is Cc1cc(C)c(SN2CCOCC2)cc1Nc1nc2ccc(F)cc2c2c(=O)[nH]ccc12. The molecule has 0 bridgehead atoms. The summed E-state index contributed by atoms with van der Waals surface area (Å²) in [6, 6.07) is 10.4. The van der Waals surface area contributed by atoms with Gasteiger partial charge in [0.15, 0.2) is 0 Å². The van der Waals surface area contributed by atoms with E-state index in [4.69, 9.17) is 9.72 Å². The maximum absolute atomic E-state index is 13.9. The predicted octanol–water partition coefficient (Wildman–Crippen LogP) is 4.92. The van der Waals surface area contributed by atoms with E-state index in [1.807, 2.05) is 6.92 Å². The van der Waals surface area contributed by atoms with E-state index in [9.17, 15) is 9.18 Å². The molecule has 32 heavy (non-hydrogen) atoms. The summed E-state index contributed by atoms with van der Waals surface area (Å²) in [5, 5.41) is 5.01. The summed E-state index contributed by atoms with van der Waals surface area (Å²) >= 11 is 1.73. The van der Waals surface area contributed by atoms with Crippen molar-refractivity contribution in [2.75, 3.05) is 31.6 Å². The normalized spacial score (nSPS) is 14.8. The fourth-order valence-corrected chi connectivity index (χ4v) is 4.98. The van der Waals surface area contributed by atoms with Crippen molar-refractivity contribution in [2.24, 2.45) is 0 Å². The average molecular weight is 451 g/mol. The van der Waals surface area contributed by atoms with Gasteiger partial charge in [-0.05, 0) is 67.3 Å².